The highest BCUT2D eigenvalue weighted by Gasteiger charge is 2.38. The SMILES string of the molecule is Cc1cncc(-n2c([C@@H](Nc3nc(C)nc(N)c3C#N)C3CC3)nc3cccc(Cl)c3c2=O)c1.Cc1nc(N)c(C#N)c(N[C@@H](C)c2nc3c(F)ccc(Cl)c3c(=O)n2-c2cncc(F)c2C)n1.Cc1nc(N)c(C#N)c(N[C@@H](C)c2nc3cccc(Cl)c3c(=O)n2-c2cc(F)cnc2C)n1.Cc1nc(N)c(Cl)c(N[C@@H](C)c2nc3ccc(F)c(Cl)c3c(=O)n2-c2ccc(N)nc2)n1. The van der Waals surface area contributed by atoms with Crippen molar-refractivity contribution in [1.29, 1.82) is 15.8 Å². The van der Waals surface area contributed by atoms with Crippen LogP contribution in [-0.4, -0.2) is 98.0 Å². The summed E-state index contributed by atoms with van der Waals surface area (Å²) in [6.45, 7) is 16.7. The summed E-state index contributed by atoms with van der Waals surface area (Å²) < 4.78 is 62.4. The number of nitrogens with two attached hydrogens (primary N) is 5. The molecule has 0 spiro atoms. The van der Waals surface area contributed by atoms with Crippen molar-refractivity contribution in [2.45, 2.75) is 106 Å². The number of rotatable bonds is 17. The predicted octanol–water partition coefficient (Wildman–Crippen LogP) is 14.9. The third kappa shape index (κ3) is 19.0. The van der Waals surface area contributed by atoms with Crippen LogP contribution >= 0.6 is 58.0 Å². The molecule has 4 aromatic carbocycles. The summed E-state index contributed by atoms with van der Waals surface area (Å²) in [6.07, 6.45) is 10.0. The van der Waals surface area contributed by atoms with Crippen LogP contribution in [0.25, 0.3) is 66.4 Å². The molecule has 17 rings (SSSR count). The van der Waals surface area contributed by atoms with E-state index in [1.54, 1.807) is 115 Å². The minimum Gasteiger partial charge on any atom is -0.384 e. The van der Waals surface area contributed by atoms with E-state index in [0.717, 1.165) is 47.5 Å². The van der Waals surface area contributed by atoms with E-state index in [1.807, 2.05) is 25.1 Å². The van der Waals surface area contributed by atoms with Crippen LogP contribution < -0.4 is 72.2 Å². The Balaban J connectivity index is 0.000000143. The largest absolute Gasteiger partial charge is 0.384 e. The van der Waals surface area contributed by atoms with Crippen molar-refractivity contribution in [2.24, 2.45) is 5.92 Å². The van der Waals surface area contributed by atoms with Crippen LogP contribution in [0.5, 0.6) is 0 Å². The topological polar surface area (TPSA) is 544 Å². The second-order valence-electron chi connectivity index (χ2n) is 30.3. The average molecular weight is 1900 g/mol. The van der Waals surface area contributed by atoms with Crippen LogP contribution in [0.3, 0.4) is 0 Å². The lowest BCUT2D eigenvalue weighted by molar-refractivity contribution is 0.606. The maximum Gasteiger partial charge on any atom is 0.267 e. The molecular formula is C88H73Cl5F4N32O4. The number of pyridine rings is 4. The molecule has 36 nitrogen and oxygen atoms in total. The van der Waals surface area contributed by atoms with Crippen molar-refractivity contribution in [1.82, 2.24) is 98.0 Å². The minimum absolute atomic E-state index is 0.00731. The summed E-state index contributed by atoms with van der Waals surface area (Å²) in [5, 5.41) is 41.9. The Morgan fingerprint density at radius 1 is 0.414 bits per heavy atom. The first kappa shape index (κ1) is 93.4. The van der Waals surface area contributed by atoms with E-state index in [9.17, 15) is 52.5 Å². The van der Waals surface area contributed by atoms with Gasteiger partial charge in [-0.1, -0.05) is 70.1 Å². The van der Waals surface area contributed by atoms with Crippen LogP contribution in [0.4, 0.5) is 69.9 Å². The minimum atomic E-state index is -0.834. The average Bonchev–Trinajstić information content (AvgIpc) is 1.72. The highest BCUT2D eigenvalue weighted by Crippen LogP contribution is 2.44. The lowest BCUT2D eigenvalue weighted by atomic mass is 10.1. The third-order valence-electron chi connectivity index (χ3n) is 20.8. The molecule has 4 atom stereocenters. The van der Waals surface area contributed by atoms with Crippen molar-refractivity contribution in [3.05, 3.63) is 292 Å². The normalized spacial score (nSPS) is 12.5. The molecule has 672 valence electrons. The van der Waals surface area contributed by atoms with Gasteiger partial charge in [-0.25, -0.2) is 82.4 Å². The molecule has 1 aliphatic rings. The van der Waals surface area contributed by atoms with Gasteiger partial charge in [-0.2, -0.15) is 15.8 Å². The number of aryl methyl sites for hydroxylation is 6. The van der Waals surface area contributed by atoms with E-state index in [2.05, 4.69) is 102 Å². The van der Waals surface area contributed by atoms with Gasteiger partial charge in [-0.05, 0) is 160 Å². The van der Waals surface area contributed by atoms with E-state index in [1.165, 1.54) is 52.7 Å². The van der Waals surface area contributed by atoms with Crippen LogP contribution in [-0.2, 0) is 0 Å². The molecule has 0 bridgehead atoms. The molecular weight excluding hydrogens is 1820 g/mol. The van der Waals surface area contributed by atoms with Gasteiger partial charge in [-0.15, -0.1) is 0 Å². The van der Waals surface area contributed by atoms with E-state index >= 15 is 0 Å². The number of benzene rings is 4. The maximum atomic E-state index is 14.7. The quantitative estimate of drug-likeness (QED) is 0.0382. The first-order chi connectivity index (χ1) is 63.4. The third-order valence-corrected chi connectivity index (χ3v) is 22.5. The molecule has 0 radical (unpaired) electrons. The zero-order valence-electron chi connectivity index (χ0n) is 71.6. The van der Waals surface area contributed by atoms with Crippen molar-refractivity contribution in [3.63, 3.8) is 0 Å². The Morgan fingerprint density at radius 2 is 0.872 bits per heavy atom. The standard InChI is InChI=1S/C24H21ClN8O.C22H17ClF2N8O.C22H18ClFN8O.C20H17Cl2FN8O/c1-12-8-15(11-28-10-12)33-23(31-18-5-3-4-17(25)19(18)24(33)34)20(14-6-7-14)32-22-16(9-26)21(27)29-13(2)30-22;1-9-15(25)7-28-8-16(9)33-21(32-18-14(24)5-4-13(23)17(18)22(33)34)10(2)29-20-12(6-26)19(27)30-11(3)31-20;1-10-17(7-13(24)9-27-10)32-21(31-16-6-4-5-15(23)18(16)22(32)33)11(2)28-20-14(8-25)19(26)29-12(3)30-20;1-8(27-18-16(22)17(25)28-9(2)29-18)19-30-12-5-4-11(23)15(21)14(12)20(32)31(19)10-3-6-13(24)26-7-10/h3-5,8,10-11,14,20H,6-7H2,1-2H3,(H3,27,29,30,32);4-5,7-8,10H,1-3H3,(H3,27,29,30,31);4-7,9,11H,1-3H3,(H3,26,28,29,30);3-8H,1-2H3,(H2,24,26)(H3,25,27,28,29)/t20-;10-;11-;8-/m0000/s1. The van der Waals surface area contributed by atoms with E-state index in [-0.39, 0.29) is 156 Å². The molecule has 14 N–H and O–H groups in total. The first-order valence-electron chi connectivity index (χ1n) is 40.0. The second kappa shape index (κ2) is 38.5. The van der Waals surface area contributed by atoms with Crippen LogP contribution in [0.1, 0.15) is 138 Å². The maximum absolute atomic E-state index is 14.7. The fourth-order valence-corrected chi connectivity index (χ4v) is 15.5. The Morgan fingerprint density at radius 3 is 1.41 bits per heavy atom. The first-order valence-corrected chi connectivity index (χ1v) is 41.9. The highest BCUT2D eigenvalue weighted by molar-refractivity contribution is 6.37. The number of aromatic nitrogens is 20. The zero-order chi connectivity index (χ0) is 95.7. The van der Waals surface area contributed by atoms with Crippen LogP contribution in [0.15, 0.2) is 141 Å². The molecule has 0 amide bonds. The van der Waals surface area contributed by atoms with E-state index in [0.29, 0.717) is 73.5 Å². The summed E-state index contributed by atoms with van der Waals surface area (Å²) in [6, 6.07) is 24.7. The van der Waals surface area contributed by atoms with Gasteiger partial charge < -0.3 is 49.9 Å². The highest BCUT2D eigenvalue weighted by atomic mass is 35.5. The number of nitrogens with one attached hydrogen (secondary N) is 4. The molecule has 1 fully saturated rings. The van der Waals surface area contributed by atoms with E-state index < -0.39 is 64.1 Å². The Kier molecular flexibility index (Phi) is 27.0. The lowest BCUT2D eigenvalue weighted by Crippen LogP contribution is -2.30. The Bertz CT molecular complexity index is 7840. The Labute approximate surface area is 775 Å². The number of anilines is 9. The summed E-state index contributed by atoms with van der Waals surface area (Å²) in [7, 11) is 0. The predicted molar refractivity (Wildman–Crippen MR) is 498 cm³/mol. The van der Waals surface area contributed by atoms with Gasteiger partial charge >= 0.3 is 0 Å². The van der Waals surface area contributed by atoms with Crippen molar-refractivity contribution < 1.29 is 17.6 Å². The summed E-state index contributed by atoms with van der Waals surface area (Å²) >= 11 is 31.3. The molecule has 0 saturated heterocycles. The van der Waals surface area contributed by atoms with Gasteiger partial charge in [-0.3, -0.25) is 52.4 Å². The van der Waals surface area contributed by atoms with Crippen LogP contribution in [0.2, 0.25) is 25.1 Å². The summed E-state index contributed by atoms with van der Waals surface area (Å²) in [5.41, 5.74) is 30.9. The molecule has 133 heavy (non-hydrogen) atoms. The zero-order valence-corrected chi connectivity index (χ0v) is 75.3. The number of nitrogen functional groups attached to an aromatic ring is 5. The lowest BCUT2D eigenvalue weighted by Gasteiger charge is -2.24. The molecule has 0 aliphatic heterocycles. The molecule has 1 saturated carbocycles. The van der Waals surface area contributed by atoms with Gasteiger partial charge in [0.15, 0.2) is 23.3 Å². The van der Waals surface area contributed by atoms with Gasteiger partial charge in [0, 0.05) is 17.8 Å². The fraction of sp³-hybridized carbons (Fsp3) is 0.193. The number of nitrogens with zero attached hydrogens (tertiary/aromatic N) is 23. The van der Waals surface area contributed by atoms with Gasteiger partial charge in [0.1, 0.15) is 144 Å². The van der Waals surface area contributed by atoms with E-state index in [4.69, 9.17) is 91.7 Å². The monoisotopic (exact) mass is 1890 g/mol. The number of fused-ring (bicyclic) bond motifs is 4. The Hall–Kier alpha value is -15.8. The van der Waals surface area contributed by atoms with Gasteiger partial charge in [0.25, 0.3) is 22.2 Å². The number of nitriles is 3. The smallest absolute Gasteiger partial charge is 0.267 e. The molecule has 12 heterocycles. The number of hydrogen-bond acceptors (Lipinski definition) is 32. The number of hydrogen-bond donors (Lipinski definition) is 9. The summed E-state index contributed by atoms with van der Waals surface area (Å²) in [4.78, 5) is 122. The number of halogens is 9. The second-order valence-corrected chi connectivity index (χ2v) is 32.2. The molecule has 12 aromatic heterocycles. The van der Waals surface area contributed by atoms with Gasteiger partial charge in [0.05, 0.1) is 142 Å². The van der Waals surface area contributed by atoms with Crippen molar-refractivity contribution in [2.75, 3.05) is 49.9 Å². The molecule has 1 aliphatic carbocycles. The van der Waals surface area contributed by atoms with Crippen LogP contribution in [0, 0.1) is 112 Å². The van der Waals surface area contributed by atoms with Gasteiger partial charge in [0.2, 0.25) is 0 Å². The van der Waals surface area contributed by atoms with Crippen molar-refractivity contribution >= 4 is 154 Å². The molecule has 45 heteroatoms. The molecule has 0 unspecified atom stereocenters. The van der Waals surface area contributed by atoms with Crippen molar-refractivity contribution in [3.8, 4) is 41.0 Å². The molecule has 16 aromatic rings. The summed E-state index contributed by atoms with van der Waals surface area (Å²) in [5.74, 6) is 1.35. The fourth-order valence-electron chi connectivity index (χ4n) is 14.4.